The number of halogens is 2. The van der Waals surface area contributed by atoms with Crippen LogP contribution in [0.25, 0.3) is 0 Å². The van der Waals surface area contributed by atoms with E-state index in [9.17, 15) is 9.18 Å². The number of nitrogens with zero attached hydrogens (tertiary/aromatic N) is 2. The third-order valence-corrected chi connectivity index (χ3v) is 5.04. The molecule has 5 nitrogen and oxygen atoms in total. The molecule has 0 atom stereocenters. The van der Waals surface area contributed by atoms with Gasteiger partial charge in [0, 0.05) is 36.8 Å². The van der Waals surface area contributed by atoms with Crippen molar-refractivity contribution in [1.82, 2.24) is 4.90 Å². The topological polar surface area (TPSA) is 44.8 Å². The Morgan fingerprint density at radius 2 is 2.00 bits per heavy atom. The number of anilines is 2. The highest BCUT2D eigenvalue weighted by atomic mass is 79.9. The normalized spacial score (nSPS) is 14.2. The minimum atomic E-state index is -0.349. The number of morpholine rings is 1. The van der Waals surface area contributed by atoms with Crippen molar-refractivity contribution in [2.45, 2.75) is 6.54 Å². The lowest BCUT2D eigenvalue weighted by atomic mass is 10.2. The van der Waals surface area contributed by atoms with E-state index in [1.807, 2.05) is 29.2 Å². The van der Waals surface area contributed by atoms with Crippen molar-refractivity contribution in [3.8, 4) is 0 Å². The Bertz CT molecular complexity index is 781. The van der Waals surface area contributed by atoms with Gasteiger partial charge in [0.2, 0.25) is 0 Å². The summed E-state index contributed by atoms with van der Waals surface area (Å²) in [5.41, 5.74) is 1.97. The first-order chi connectivity index (χ1) is 12.5. The fourth-order valence-corrected chi connectivity index (χ4v) is 3.23. The Balaban J connectivity index is 1.63. The maximum atomic E-state index is 14.4. The molecule has 0 aromatic heterocycles. The number of rotatable bonds is 4. The lowest BCUT2D eigenvalue weighted by molar-refractivity contribution is 0.122. The molecule has 3 rings (SSSR count). The van der Waals surface area contributed by atoms with Gasteiger partial charge in [-0.1, -0.05) is 34.1 Å². The van der Waals surface area contributed by atoms with E-state index in [2.05, 4.69) is 21.2 Å². The largest absolute Gasteiger partial charge is 0.378 e. The molecule has 1 N–H and O–H groups in total. The Morgan fingerprint density at radius 3 is 2.69 bits per heavy atom. The molecule has 2 aromatic carbocycles. The maximum absolute atomic E-state index is 14.4. The van der Waals surface area contributed by atoms with E-state index in [1.54, 1.807) is 24.1 Å². The van der Waals surface area contributed by atoms with Crippen LogP contribution in [0.3, 0.4) is 0 Å². The van der Waals surface area contributed by atoms with E-state index in [0.29, 0.717) is 44.2 Å². The van der Waals surface area contributed by atoms with E-state index >= 15 is 0 Å². The standard InChI is InChI=1S/C19H21BrFN3O2/c1-23(13-14-4-2-3-5-16(14)20)19(25)22-15-6-7-18(17(21)12-15)24-8-10-26-11-9-24/h2-7,12H,8-11,13H2,1H3,(H,22,25). The molecule has 0 unspecified atom stereocenters. The second-order valence-electron chi connectivity index (χ2n) is 6.14. The molecule has 138 valence electrons. The molecule has 1 saturated heterocycles. The maximum Gasteiger partial charge on any atom is 0.321 e. The van der Waals surface area contributed by atoms with Crippen LogP contribution in [0.2, 0.25) is 0 Å². The summed E-state index contributed by atoms with van der Waals surface area (Å²) in [7, 11) is 1.70. The van der Waals surface area contributed by atoms with Gasteiger partial charge in [0.15, 0.2) is 0 Å². The second kappa shape index (κ2) is 8.51. The van der Waals surface area contributed by atoms with Crippen LogP contribution in [0.15, 0.2) is 46.9 Å². The van der Waals surface area contributed by atoms with Gasteiger partial charge in [-0.2, -0.15) is 0 Å². The van der Waals surface area contributed by atoms with E-state index in [4.69, 9.17) is 4.74 Å². The summed E-state index contributed by atoms with van der Waals surface area (Å²) in [6, 6.07) is 12.2. The minimum absolute atomic E-state index is 0.292. The molecule has 1 aliphatic rings. The zero-order valence-corrected chi connectivity index (χ0v) is 16.1. The first-order valence-electron chi connectivity index (χ1n) is 8.42. The lowest BCUT2D eigenvalue weighted by Gasteiger charge is -2.29. The van der Waals surface area contributed by atoms with Crippen LogP contribution in [0.4, 0.5) is 20.6 Å². The molecule has 2 aromatic rings. The van der Waals surface area contributed by atoms with Gasteiger partial charge in [0.25, 0.3) is 0 Å². The van der Waals surface area contributed by atoms with E-state index in [-0.39, 0.29) is 11.8 Å². The number of urea groups is 1. The molecule has 1 fully saturated rings. The molecule has 1 heterocycles. The molecular formula is C19H21BrFN3O2. The van der Waals surface area contributed by atoms with Gasteiger partial charge in [0.05, 0.1) is 18.9 Å². The van der Waals surface area contributed by atoms with Gasteiger partial charge in [0.1, 0.15) is 5.82 Å². The number of hydrogen-bond donors (Lipinski definition) is 1. The molecule has 0 saturated carbocycles. The summed E-state index contributed by atoms with van der Waals surface area (Å²) in [4.78, 5) is 15.9. The van der Waals surface area contributed by atoms with Crippen LogP contribution in [-0.4, -0.2) is 44.3 Å². The van der Waals surface area contributed by atoms with Crippen LogP contribution in [-0.2, 0) is 11.3 Å². The molecule has 0 aliphatic carbocycles. The molecule has 0 spiro atoms. The summed E-state index contributed by atoms with van der Waals surface area (Å²) >= 11 is 3.47. The van der Waals surface area contributed by atoms with Crippen LogP contribution in [0.1, 0.15) is 5.56 Å². The van der Waals surface area contributed by atoms with Gasteiger partial charge in [-0.05, 0) is 29.8 Å². The third-order valence-electron chi connectivity index (χ3n) is 4.26. The average molecular weight is 422 g/mol. The number of ether oxygens (including phenoxy) is 1. The van der Waals surface area contributed by atoms with Crippen molar-refractivity contribution in [2.75, 3.05) is 43.6 Å². The van der Waals surface area contributed by atoms with Crippen molar-refractivity contribution in [3.05, 3.63) is 58.3 Å². The van der Waals surface area contributed by atoms with Gasteiger partial charge >= 0.3 is 6.03 Å². The zero-order chi connectivity index (χ0) is 18.5. The summed E-state index contributed by atoms with van der Waals surface area (Å²) < 4.78 is 20.7. The molecule has 2 amide bonds. The number of benzene rings is 2. The second-order valence-corrected chi connectivity index (χ2v) is 7.00. The lowest BCUT2D eigenvalue weighted by Crippen LogP contribution is -2.36. The number of carbonyl (C=O) groups is 1. The highest BCUT2D eigenvalue weighted by Crippen LogP contribution is 2.24. The third kappa shape index (κ3) is 4.53. The highest BCUT2D eigenvalue weighted by molar-refractivity contribution is 9.10. The Hall–Kier alpha value is -2.12. The van der Waals surface area contributed by atoms with Crippen molar-refractivity contribution < 1.29 is 13.9 Å². The average Bonchev–Trinajstić information content (AvgIpc) is 2.64. The SMILES string of the molecule is CN(Cc1ccccc1Br)C(=O)Nc1ccc(N2CCOCC2)c(F)c1. The van der Waals surface area contributed by atoms with Gasteiger partial charge in [-0.15, -0.1) is 0 Å². The van der Waals surface area contributed by atoms with Crippen molar-refractivity contribution in [3.63, 3.8) is 0 Å². The van der Waals surface area contributed by atoms with Crippen molar-refractivity contribution in [2.24, 2.45) is 0 Å². The predicted molar refractivity (Wildman–Crippen MR) is 104 cm³/mol. The Morgan fingerprint density at radius 1 is 1.27 bits per heavy atom. The molecule has 26 heavy (non-hydrogen) atoms. The number of carbonyl (C=O) groups excluding carboxylic acids is 1. The molecule has 7 heteroatoms. The van der Waals surface area contributed by atoms with E-state index in [1.165, 1.54) is 6.07 Å². The van der Waals surface area contributed by atoms with E-state index in [0.717, 1.165) is 10.0 Å². The monoisotopic (exact) mass is 421 g/mol. The fraction of sp³-hybridized carbons (Fsp3) is 0.316. The van der Waals surface area contributed by atoms with E-state index < -0.39 is 0 Å². The quantitative estimate of drug-likeness (QED) is 0.808. The zero-order valence-electron chi connectivity index (χ0n) is 14.5. The summed E-state index contributed by atoms with van der Waals surface area (Å²) in [5.74, 6) is -0.349. The van der Waals surface area contributed by atoms with Gasteiger partial charge in [-0.3, -0.25) is 0 Å². The minimum Gasteiger partial charge on any atom is -0.378 e. The Kier molecular flexibility index (Phi) is 6.11. The predicted octanol–water partition coefficient (Wildman–Crippen LogP) is 4.09. The molecule has 0 bridgehead atoms. The van der Waals surface area contributed by atoms with Gasteiger partial charge in [-0.25, -0.2) is 9.18 Å². The number of nitrogens with one attached hydrogen (secondary N) is 1. The summed E-state index contributed by atoms with van der Waals surface area (Å²) in [6.45, 7) is 2.96. The summed E-state index contributed by atoms with van der Waals surface area (Å²) in [6.07, 6.45) is 0. The number of amides is 2. The molecular weight excluding hydrogens is 401 g/mol. The van der Waals surface area contributed by atoms with Crippen LogP contribution in [0, 0.1) is 5.82 Å². The first-order valence-corrected chi connectivity index (χ1v) is 9.21. The van der Waals surface area contributed by atoms with Crippen LogP contribution in [0.5, 0.6) is 0 Å². The van der Waals surface area contributed by atoms with Crippen LogP contribution < -0.4 is 10.2 Å². The Labute approximate surface area is 160 Å². The summed E-state index contributed by atoms with van der Waals surface area (Å²) in [5, 5.41) is 2.74. The number of hydrogen-bond acceptors (Lipinski definition) is 3. The van der Waals surface area contributed by atoms with Crippen LogP contribution >= 0.6 is 15.9 Å². The smallest absolute Gasteiger partial charge is 0.321 e. The highest BCUT2D eigenvalue weighted by Gasteiger charge is 2.16. The van der Waals surface area contributed by atoms with Crippen molar-refractivity contribution >= 4 is 33.3 Å². The molecule has 1 aliphatic heterocycles. The van der Waals surface area contributed by atoms with Gasteiger partial charge < -0.3 is 19.9 Å². The first kappa shape index (κ1) is 18.7. The van der Waals surface area contributed by atoms with Crippen molar-refractivity contribution in [1.29, 1.82) is 0 Å². The fourth-order valence-electron chi connectivity index (χ4n) is 2.82. The molecule has 0 radical (unpaired) electrons.